The van der Waals surface area contributed by atoms with Crippen molar-refractivity contribution in [3.63, 3.8) is 0 Å². The van der Waals surface area contributed by atoms with E-state index in [1.165, 1.54) is 0 Å². The molecule has 30 heavy (non-hydrogen) atoms. The number of fused-ring (bicyclic) bond motifs is 1. The van der Waals surface area contributed by atoms with Crippen LogP contribution in [0.3, 0.4) is 0 Å². The van der Waals surface area contributed by atoms with Crippen molar-refractivity contribution in [2.45, 2.75) is 84.3 Å². The largest absolute Gasteiger partial charge is 0.497 e. The van der Waals surface area contributed by atoms with Gasteiger partial charge in [-0.05, 0) is 60.8 Å². The van der Waals surface area contributed by atoms with Gasteiger partial charge in [0.05, 0.1) is 16.2 Å². The standard InChI is InChI=1S/C21H30BClFN3O3/c1-12(2)25-19-17(24)16(23)15(22-29-20(3,4)21(5,6)30-22)13-11-27(26-18(13)19)14-9-7-8-10-28-14/h11-12,14,25H,7-10H2,1-6H3. The fraction of sp³-hybridized carbons (Fsp3) is 0.667. The molecular formula is C21H30BClFN3O3. The van der Waals surface area contributed by atoms with E-state index in [-0.39, 0.29) is 17.3 Å². The van der Waals surface area contributed by atoms with Crippen LogP contribution in [0.2, 0.25) is 5.02 Å². The Hall–Kier alpha value is -1.35. The van der Waals surface area contributed by atoms with Crippen LogP contribution in [0.25, 0.3) is 10.9 Å². The van der Waals surface area contributed by atoms with Crippen molar-refractivity contribution in [2.24, 2.45) is 0 Å². The predicted molar refractivity (Wildman–Crippen MR) is 118 cm³/mol. The second kappa shape index (κ2) is 7.66. The normalized spacial score (nSPS) is 23.5. The summed E-state index contributed by atoms with van der Waals surface area (Å²) in [7, 11) is -0.794. The molecule has 1 unspecified atom stereocenters. The maximum Gasteiger partial charge on any atom is 0.497 e. The summed E-state index contributed by atoms with van der Waals surface area (Å²) in [6.45, 7) is 12.4. The third kappa shape index (κ3) is 3.62. The second-order valence-electron chi connectivity index (χ2n) is 9.50. The van der Waals surface area contributed by atoms with Crippen LogP contribution in [-0.2, 0) is 14.0 Å². The van der Waals surface area contributed by atoms with Crippen LogP contribution in [0.4, 0.5) is 10.1 Å². The SMILES string of the molecule is CC(C)Nc1c(F)c(Cl)c(B2OC(C)(C)C(C)(C)O2)c2cn(C3CCCCO3)nc12. The van der Waals surface area contributed by atoms with Crippen molar-refractivity contribution >= 4 is 40.8 Å². The highest BCUT2D eigenvalue weighted by atomic mass is 35.5. The zero-order valence-corrected chi connectivity index (χ0v) is 19.3. The molecule has 2 aliphatic heterocycles. The first-order chi connectivity index (χ1) is 14.0. The van der Waals surface area contributed by atoms with Crippen molar-refractivity contribution in [1.29, 1.82) is 0 Å². The summed E-state index contributed by atoms with van der Waals surface area (Å²) >= 11 is 6.58. The van der Waals surface area contributed by atoms with Gasteiger partial charge < -0.3 is 19.4 Å². The van der Waals surface area contributed by atoms with E-state index in [9.17, 15) is 0 Å². The Morgan fingerprint density at radius 1 is 1.23 bits per heavy atom. The minimum Gasteiger partial charge on any atom is -0.399 e. The Morgan fingerprint density at radius 2 is 1.90 bits per heavy atom. The van der Waals surface area contributed by atoms with E-state index >= 15 is 4.39 Å². The fourth-order valence-corrected chi connectivity index (χ4v) is 4.20. The third-order valence-corrected chi connectivity index (χ3v) is 6.65. The topological polar surface area (TPSA) is 57.5 Å². The number of nitrogens with zero attached hydrogens (tertiary/aromatic N) is 2. The smallest absolute Gasteiger partial charge is 0.399 e. The van der Waals surface area contributed by atoms with Crippen LogP contribution < -0.4 is 10.8 Å². The number of hydrogen-bond acceptors (Lipinski definition) is 5. The van der Waals surface area contributed by atoms with Crippen LogP contribution in [0.5, 0.6) is 0 Å². The van der Waals surface area contributed by atoms with E-state index in [2.05, 4.69) is 5.32 Å². The number of halogens is 2. The van der Waals surface area contributed by atoms with Crippen LogP contribution in [0.1, 0.15) is 67.0 Å². The molecule has 1 aromatic heterocycles. The molecule has 4 rings (SSSR count). The van der Waals surface area contributed by atoms with Crippen molar-refractivity contribution in [3.8, 4) is 0 Å². The van der Waals surface area contributed by atoms with Gasteiger partial charge >= 0.3 is 7.12 Å². The average Bonchev–Trinajstić information content (AvgIpc) is 3.18. The highest BCUT2D eigenvalue weighted by Crippen LogP contribution is 2.40. The van der Waals surface area contributed by atoms with E-state index < -0.39 is 24.1 Å². The molecule has 1 aromatic carbocycles. The molecule has 0 aliphatic carbocycles. The Morgan fingerprint density at radius 3 is 2.47 bits per heavy atom. The lowest BCUT2D eigenvalue weighted by Gasteiger charge is -2.32. The molecule has 9 heteroatoms. The van der Waals surface area contributed by atoms with E-state index in [0.717, 1.165) is 19.3 Å². The Kier molecular flexibility index (Phi) is 5.58. The molecule has 0 bridgehead atoms. The zero-order valence-electron chi connectivity index (χ0n) is 18.5. The molecule has 2 saturated heterocycles. The second-order valence-corrected chi connectivity index (χ2v) is 9.87. The first-order valence-corrected chi connectivity index (χ1v) is 11.0. The van der Waals surface area contributed by atoms with E-state index in [1.54, 1.807) is 4.68 Å². The Bertz CT molecular complexity index is 941. The van der Waals surface area contributed by atoms with Gasteiger partial charge in [0.1, 0.15) is 17.4 Å². The summed E-state index contributed by atoms with van der Waals surface area (Å²) in [6, 6.07) is 0.0116. The summed E-state index contributed by atoms with van der Waals surface area (Å²) < 4.78 is 35.5. The minimum absolute atomic E-state index is 0.00624. The summed E-state index contributed by atoms with van der Waals surface area (Å²) in [5.41, 5.74) is 0.130. The number of nitrogens with one attached hydrogen (secondary N) is 1. The van der Waals surface area contributed by atoms with E-state index in [1.807, 2.05) is 47.7 Å². The molecule has 0 amide bonds. The minimum atomic E-state index is -0.794. The van der Waals surface area contributed by atoms with Gasteiger partial charge in [-0.2, -0.15) is 5.10 Å². The molecular weight excluding hydrogens is 408 g/mol. The number of hydrogen-bond donors (Lipinski definition) is 1. The van der Waals surface area contributed by atoms with Crippen LogP contribution in [-0.4, -0.2) is 40.7 Å². The van der Waals surface area contributed by atoms with Gasteiger partial charge in [-0.3, -0.25) is 0 Å². The molecule has 2 aromatic rings. The van der Waals surface area contributed by atoms with Crippen LogP contribution >= 0.6 is 11.6 Å². The van der Waals surface area contributed by atoms with Gasteiger partial charge in [-0.25, -0.2) is 9.07 Å². The molecule has 2 fully saturated rings. The quantitative estimate of drug-likeness (QED) is 0.706. The molecule has 1 atom stereocenters. The van der Waals surface area contributed by atoms with Crippen LogP contribution in [0.15, 0.2) is 6.20 Å². The highest BCUT2D eigenvalue weighted by molar-refractivity contribution is 6.69. The Balaban J connectivity index is 1.89. The summed E-state index contributed by atoms with van der Waals surface area (Å²) in [4.78, 5) is 0. The number of benzene rings is 1. The average molecular weight is 438 g/mol. The maximum atomic E-state index is 15.5. The lowest BCUT2D eigenvalue weighted by Crippen LogP contribution is -2.41. The monoisotopic (exact) mass is 437 g/mol. The van der Waals surface area contributed by atoms with Crippen LogP contribution in [0, 0.1) is 5.82 Å². The lowest BCUT2D eigenvalue weighted by molar-refractivity contribution is -0.0390. The van der Waals surface area contributed by atoms with Crippen molar-refractivity contribution in [1.82, 2.24) is 9.78 Å². The summed E-state index contributed by atoms with van der Waals surface area (Å²) in [5.74, 6) is -0.544. The van der Waals surface area contributed by atoms with Crippen molar-refractivity contribution < 1.29 is 18.4 Å². The molecule has 164 valence electrons. The summed E-state index contributed by atoms with van der Waals surface area (Å²) in [6.07, 6.45) is 4.67. The molecule has 3 heterocycles. The van der Waals surface area contributed by atoms with E-state index in [0.29, 0.717) is 28.7 Å². The van der Waals surface area contributed by atoms with Crippen molar-refractivity contribution in [3.05, 3.63) is 17.0 Å². The van der Waals surface area contributed by atoms with Gasteiger partial charge in [0.15, 0.2) is 5.82 Å². The zero-order chi connectivity index (χ0) is 21.8. The van der Waals surface area contributed by atoms with E-state index in [4.69, 9.17) is 30.7 Å². The molecule has 0 radical (unpaired) electrons. The first kappa shape index (κ1) is 21.9. The maximum absolute atomic E-state index is 15.5. The highest BCUT2D eigenvalue weighted by Gasteiger charge is 2.53. The summed E-state index contributed by atoms with van der Waals surface area (Å²) in [5, 5.41) is 8.58. The number of aromatic nitrogens is 2. The fourth-order valence-electron chi connectivity index (χ4n) is 3.92. The van der Waals surface area contributed by atoms with Gasteiger partial charge in [0.2, 0.25) is 0 Å². The molecule has 6 nitrogen and oxygen atoms in total. The van der Waals surface area contributed by atoms with Gasteiger partial charge in [-0.1, -0.05) is 11.6 Å². The number of anilines is 1. The predicted octanol–water partition coefficient (Wildman–Crippen LogP) is 4.65. The molecule has 0 spiro atoms. The van der Waals surface area contributed by atoms with Crippen molar-refractivity contribution in [2.75, 3.05) is 11.9 Å². The molecule has 1 N–H and O–H groups in total. The van der Waals surface area contributed by atoms with Gasteiger partial charge in [0, 0.05) is 29.7 Å². The molecule has 0 saturated carbocycles. The first-order valence-electron chi connectivity index (χ1n) is 10.7. The lowest BCUT2D eigenvalue weighted by atomic mass is 9.76. The van der Waals surface area contributed by atoms with Gasteiger partial charge in [0.25, 0.3) is 0 Å². The Labute approximate surface area is 182 Å². The number of ether oxygens (including phenoxy) is 1. The van der Waals surface area contributed by atoms with Gasteiger partial charge in [-0.15, -0.1) is 0 Å². The molecule has 2 aliphatic rings. The number of rotatable bonds is 4. The third-order valence-electron chi connectivity index (χ3n) is 6.28.